The van der Waals surface area contributed by atoms with E-state index < -0.39 is 27.3 Å². The van der Waals surface area contributed by atoms with E-state index >= 15 is 0 Å². The summed E-state index contributed by atoms with van der Waals surface area (Å²) in [4.78, 5) is 21.6. The highest BCUT2D eigenvalue weighted by Gasteiger charge is 2.36. The zero-order valence-corrected chi connectivity index (χ0v) is 21.6. The number of pyridine rings is 2. The molecule has 0 radical (unpaired) electrons. The van der Waals surface area contributed by atoms with Gasteiger partial charge in [0.2, 0.25) is 0 Å². The summed E-state index contributed by atoms with van der Waals surface area (Å²) < 4.78 is 69.0. The lowest BCUT2D eigenvalue weighted by molar-refractivity contribution is -0.144. The van der Waals surface area contributed by atoms with Gasteiger partial charge >= 0.3 is 6.18 Å². The minimum Gasteiger partial charge on any atom is -0.321 e. The van der Waals surface area contributed by atoms with Crippen molar-refractivity contribution in [3.63, 3.8) is 0 Å². The zero-order chi connectivity index (χ0) is 26.6. The number of alkyl halides is 3. The molecule has 3 aromatic rings. The van der Waals surface area contributed by atoms with Crippen molar-refractivity contribution < 1.29 is 21.6 Å². The molecule has 0 aliphatic heterocycles. The molecule has 0 spiro atoms. The summed E-state index contributed by atoms with van der Waals surface area (Å²) in [6.07, 6.45) is -0.937. The third-order valence-corrected chi connectivity index (χ3v) is 8.35. The van der Waals surface area contributed by atoms with Crippen LogP contribution in [0.15, 0.2) is 28.0 Å². The first-order valence-corrected chi connectivity index (χ1v) is 13.3. The maximum atomic E-state index is 13.6. The van der Waals surface area contributed by atoms with Gasteiger partial charge in [-0.3, -0.25) is 4.79 Å². The molecule has 1 aliphatic carbocycles. The second-order valence-electron chi connectivity index (χ2n) is 9.06. The standard InChI is InChI=1S/C23H29F3N6O3S/c1-6-32-18(23(24,25)26)11-16-20(22(32)33)30(4)21(28-16)19-17(36(34,35)7-2)10-15(12-27-19)31(5)29(3)13-14-8-9-14/h10-12,14H,6-9,13H2,1-5H3. The fourth-order valence-electron chi connectivity index (χ4n) is 4.24. The van der Waals surface area contributed by atoms with Gasteiger partial charge in [0.1, 0.15) is 16.9 Å². The maximum absolute atomic E-state index is 13.6. The Balaban J connectivity index is 1.91. The number of nitrogens with zero attached hydrogens (tertiary/aromatic N) is 6. The Bertz CT molecular complexity index is 1470. The lowest BCUT2D eigenvalue weighted by Gasteiger charge is -2.30. The fraction of sp³-hybridized carbons (Fsp3) is 0.522. The predicted molar refractivity (Wildman–Crippen MR) is 130 cm³/mol. The van der Waals surface area contributed by atoms with E-state index in [1.807, 2.05) is 24.1 Å². The second-order valence-corrected chi connectivity index (χ2v) is 11.3. The number of anilines is 1. The maximum Gasteiger partial charge on any atom is 0.431 e. The van der Waals surface area contributed by atoms with Gasteiger partial charge in [-0.15, -0.1) is 0 Å². The molecule has 3 heterocycles. The number of halogens is 3. The molecule has 1 saturated carbocycles. The third kappa shape index (κ3) is 4.61. The number of hydrogen-bond donors (Lipinski definition) is 0. The molecule has 0 N–H and O–H groups in total. The van der Waals surface area contributed by atoms with Crippen LogP contribution in [-0.4, -0.2) is 58.9 Å². The molecule has 0 bridgehead atoms. The minimum absolute atomic E-state index is 0.00311. The highest BCUT2D eigenvalue weighted by atomic mass is 32.2. The van der Waals surface area contributed by atoms with Crippen molar-refractivity contribution in [2.45, 2.75) is 44.3 Å². The van der Waals surface area contributed by atoms with Crippen molar-refractivity contribution in [2.24, 2.45) is 13.0 Å². The summed E-state index contributed by atoms with van der Waals surface area (Å²) in [5, 5.41) is 3.80. The summed E-state index contributed by atoms with van der Waals surface area (Å²) in [7, 11) is 1.38. The van der Waals surface area contributed by atoms with Gasteiger partial charge in [-0.1, -0.05) is 6.92 Å². The third-order valence-electron chi connectivity index (χ3n) is 6.61. The summed E-state index contributed by atoms with van der Waals surface area (Å²) in [6, 6.07) is 2.31. The Labute approximate surface area is 207 Å². The van der Waals surface area contributed by atoms with Crippen LogP contribution in [0, 0.1) is 5.92 Å². The molecule has 13 heteroatoms. The molecule has 0 unspecified atom stereocenters. The van der Waals surface area contributed by atoms with Crippen molar-refractivity contribution in [1.29, 1.82) is 0 Å². The number of hydrogen-bond acceptors (Lipinski definition) is 7. The molecule has 0 amide bonds. The number of hydrazine groups is 1. The molecule has 3 aromatic heterocycles. The van der Waals surface area contributed by atoms with Crippen LogP contribution < -0.4 is 10.6 Å². The van der Waals surface area contributed by atoms with E-state index in [0.717, 1.165) is 25.5 Å². The molecule has 0 atom stereocenters. The molecule has 0 aromatic carbocycles. The lowest BCUT2D eigenvalue weighted by Crippen LogP contribution is -2.38. The predicted octanol–water partition coefficient (Wildman–Crippen LogP) is 3.32. The van der Waals surface area contributed by atoms with Crippen LogP contribution in [0.3, 0.4) is 0 Å². The Morgan fingerprint density at radius 3 is 2.39 bits per heavy atom. The van der Waals surface area contributed by atoms with Crippen LogP contribution in [0.1, 0.15) is 32.4 Å². The average molecular weight is 527 g/mol. The first-order chi connectivity index (χ1) is 16.8. The second kappa shape index (κ2) is 9.18. The van der Waals surface area contributed by atoms with E-state index in [2.05, 4.69) is 9.97 Å². The topological polar surface area (TPSA) is 93.3 Å². The summed E-state index contributed by atoms with van der Waals surface area (Å²) in [5.41, 5.74) is -1.69. The highest BCUT2D eigenvalue weighted by molar-refractivity contribution is 7.91. The van der Waals surface area contributed by atoms with Gasteiger partial charge in [-0.05, 0) is 37.8 Å². The van der Waals surface area contributed by atoms with Crippen LogP contribution >= 0.6 is 0 Å². The van der Waals surface area contributed by atoms with Gasteiger partial charge in [0.25, 0.3) is 5.56 Å². The van der Waals surface area contributed by atoms with Gasteiger partial charge in [0.05, 0.1) is 28.0 Å². The number of aryl methyl sites for hydroxylation is 1. The zero-order valence-electron chi connectivity index (χ0n) is 20.8. The van der Waals surface area contributed by atoms with Crippen LogP contribution in [0.4, 0.5) is 18.9 Å². The number of sulfone groups is 1. The molecule has 196 valence electrons. The molecular formula is C23H29F3N6O3S. The van der Waals surface area contributed by atoms with Crippen molar-refractivity contribution in [3.05, 3.63) is 34.4 Å². The quantitative estimate of drug-likeness (QED) is 0.416. The van der Waals surface area contributed by atoms with Gasteiger partial charge in [-0.2, -0.15) is 13.2 Å². The van der Waals surface area contributed by atoms with Crippen molar-refractivity contribution in [2.75, 3.05) is 31.4 Å². The Hall–Kier alpha value is -2.93. The van der Waals surface area contributed by atoms with Crippen LogP contribution in [0.2, 0.25) is 0 Å². The van der Waals surface area contributed by atoms with E-state index in [1.54, 1.807) is 0 Å². The van der Waals surface area contributed by atoms with E-state index in [9.17, 15) is 26.4 Å². The molecular weight excluding hydrogens is 497 g/mol. The van der Waals surface area contributed by atoms with Gasteiger partial charge in [-0.25, -0.2) is 23.4 Å². The number of rotatable bonds is 8. The van der Waals surface area contributed by atoms with Crippen molar-refractivity contribution >= 4 is 26.6 Å². The molecule has 9 nitrogen and oxygen atoms in total. The summed E-state index contributed by atoms with van der Waals surface area (Å²) >= 11 is 0. The summed E-state index contributed by atoms with van der Waals surface area (Å²) in [6.45, 7) is 3.58. The van der Waals surface area contributed by atoms with E-state index in [1.165, 1.54) is 37.7 Å². The van der Waals surface area contributed by atoms with Crippen LogP contribution in [0.25, 0.3) is 22.6 Å². The van der Waals surface area contributed by atoms with Crippen LogP contribution in [-0.2, 0) is 29.6 Å². The van der Waals surface area contributed by atoms with Crippen LogP contribution in [0.5, 0.6) is 0 Å². The van der Waals surface area contributed by atoms with E-state index in [-0.39, 0.29) is 39.7 Å². The SMILES string of the molecule is CCn1c(C(F)(F)F)cc2nc(-c3ncc(N(C)N(C)CC4CC4)cc3S(=O)(=O)CC)n(C)c2c1=O. The number of imidazole rings is 1. The summed E-state index contributed by atoms with van der Waals surface area (Å²) in [5.74, 6) is 0.395. The average Bonchev–Trinajstić information content (AvgIpc) is 3.57. The van der Waals surface area contributed by atoms with E-state index in [4.69, 9.17) is 0 Å². The monoisotopic (exact) mass is 526 g/mol. The normalized spacial score (nSPS) is 14.7. The largest absolute Gasteiger partial charge is 0.431 e. The van der Waals surface area contributed by atoms with Crippen molar-refractivity contribution in [1.82, 2.24) is 24.1 Å². The van der Waals surface area contributed by atoms with E-state index in [0.29, 0.717) is 16.2 Å². The molecule has 4 rings (SSSR count). The highest BCUT2D eigenvalue weighted by Crippen LogP contribution is 2.34. The number of aromatic nitrogens is 4. The van der Waals surface area contributed by atoms with Gasteiger partial charge in [0.15, 0.2) is 15.7 Å². The molecule has 1 fully saturated rings. The fourth-order valence-corrected chi connectivity index (χ4v) is 5.29. The minimum atomic E-state index is -4.76. The first-order valence-electron chi connectivity index (χ1n) is 11.7. The Morgan fingerprint density at radius 2 is 1.83 bits per heavy atom. The van der Waals surface area contributed by atoms with Gasteiger partial charge in [0, 0.05) is 34.2 Å². The Morgan fingerprint density at radius 1 is 1.17 bits per heavy atom. The van der Waals surface area contributed by atoms with Gasteiger partial charge < -0.3 is 14.1 Å². The molecule has 1 aliphatic rings. The Kier molecular flexibility index (Phi) is 6.67. The lowest BCUT2D eigenvalue weighted by atomic mass is 10.3. The molecule has 0 saturated heterocycles. The molecule has 36 heavy (non-hydrogen) atoms. The number of fused-ring (bicyclic) bond motifs is 1. The first kappa shape index (κ1) is 26.1. The van der Waals surface area contributed by atoms with Crippen molar-refractivity contribution in [3.8, 4) is 11.5 Å². The smallest absolute Gasteiger partial charge is 0.321 e.